The second-order valence-corrected chi connectivity index (χ2v) is 5.32. The molecule has 2 aromatic rings. The largest absolute Gasteiger partial charge is 0.354 e. The van der Waals surface area contributed by atoms with E-state index in [1.807, 2.05) is 6.07 Å². The monoisotopic (exact) mass is 368 g/mol. The third-order valence-corrected chi connectivity index (χ3v) is 3.45. The Labute approximate surface area is 121 Å². The number of hydrogen-bond donors (Lipinski definition) is 1. The molecule has 0 fully saturated rings. The standard InChI is InChI=1S/C13H7Br2FN2/c14-9-1-3-12(8(5-9)7-17)18-13-4-2-10(16)6-11(13)15/h1-6,18H. The number of benzene rings is 2. The molecule has 90 valence electrons. The Hall–Kier alpha value is -1.38. The summed E-state index contributed by atoms with van der Waals surface area (Å²) in [6.45, 7) is 0. The summed E-state index contributed by atoms with van der Waals surface area (Å²) < 4.78 is 14.4. The highest BCUT2D eigenvalue weighted by atomic mass is 79.9. The van der Waals surface area contributed by atoms with Crippen LogP contribution in [0.15, 0.2) is 45.3 Å². The summed E-state index contributed by atoms with van der Waals surface area (Å²) in [5.41, 5.74) is 1.89. The molecule has 0 heterocycles. The molecular weight excluding hydrogens is 363 g/mol. The van der Waals surface area contributed by atoms with Crippen molar-refractivity contribution in [3.8, 4) is 6.07 Å². The van der Waals surface area contributed by atoms with Gasteiger partial charge in [0, 0.05) is 8.95 Å². The zero-order valence-corrected chi connectivity index (χ0v) is 12.2. The Morgan fingerprint density at radius 1 is 1.06 bits per heavy atom. The van der Waals surface area contributed by atoms with Gasteiger partial charge in [0.1, 0.15) is 11.9 Å². The van der Waals surface area contributed by atoms with Gasteiger partial charge in [0.2, 0.25) is 0 Å². The fourth-order valence-corrected chi connectivity index (χ4v) is 2.26. The fraction of sp³-hybridized carbons (Fsp3) is 0. The molecular formula is C13H7Br2FN2. The van der Waals surface area contributed by atoms with Crippen molar-refractivity contribution >= 4 is 43.2 Å². The number of hydrogen-bond acceptors (Lipinski definition) is 2. The molecule has 0 bridgehead atoms. The topological polar surface area (TPSA) is 35.8 Å². The van der Waals surface area contributed by atoms with Gasteiger partial charge >= 0.3 is 0 Å². The lowest BCUT2D eigenvalue weighted by atomic mass is 10.2. The molecule has 1 N–H and O–H groups in total. The number of halogens is 3. The summed E-state index contributed by atoms with van der Waals surface area (Å²) in [6.07, 6.45) is 0. The average Bonchev–Trinajstić information content (AvgIpc) is 2.34. The SMILES string of the molecule is N#Cc1cc(Br)ccc1Nc1ccc(F)cc1Br. The quantitative estimate of drug-likeness (QED) is 0.811. The Morgan fingerprint density at radius 2 is 1.78 bits per heavy atom. The maximum Gasteiger partial charge on any atom is 0.124 e. The number of nitrogens with zero attached hydrogens (tertiary/aromatic N) is 1. The molecule has 18 heavy (non-hydrogen) atoms. The third-order valence-electron chi connectivity index (χ3n) is 2.30. The van der Waals surface area contributed by atoms with E-state index in [0.717, 1.165) is 4.47 Å². The minimum absolute atomic E-state index is 0.316. The van der Waals surface area contributed by atoms with Crippen LogP contribution < -0.4 is 5.32 Å². The molecule has 0 saturated heterocycles. The molecule has 0 unspecified atom stereocenters. The number of nitriles is 1. The molecule has 2 aromatic carbocycles. The van der Waals surface area contributed by atoms with Crippen LogP contribution in [0.5, 0.6) is 0 Å². The van der Waals surface area contributed by atoms with Crippen LogP contribution in [0.3, 0.4) is 0 Å². The molecule has 0 aliphatic carbocycles. The van der Waals surface area contributed by atoms with Crippen molar-refractivity contribution in [3.63, 3.8) is 0 Å². The maximum atomic E-state index is 13.0. The van der Waals surface area contributed by atoms with Gasteiger partial charge in [-0.05, 0) is 52.3 Å². The van der Waals surface area contributed by atoms with Crippen LogP contribution in [0, 0.1) is 17.1 Å². The summed E-state index contributed by atoms with van der Waals surface area (Å²) in [5, 5.41) is 12.1. The average molecular weight is 370 g/mol. The number of nitrogens with one attached hydrogen (secondary N) is 1. The van der Waals surface area contributed by atoms with Crippen LogP contribution in [0.2, 0.25) is 0 Å². The first-order valence-electron chi connectivity index (χ1n) is 5.02. The van der Waals surface area contributed by atoms with E-state index in [1.165, 1.54) is 12.1 Å². The normalized spacial score (nSPS) is 9.89. The van der Waals surface area contributed by atoms with Gasteiger partial charge in [-0.1, -0.05) is 15.9 Å². The van der Waals surface area contributed by atoms with Gasteiger partial charge in [-0.2, -0.15) is 5.26 Å². The van der Waals surface area contributed by atoms with E-state index in [1.54, 1.807) is 18.2 Å². The first-order chi connectivity index (χ1) is 8.60. The third kappa shape index (κ3) is 2.89. The zero-order valence-electron chi connectivity index (χ0n) is 9.05. The van der Waals surface area contributed by atoms with E-state index in [0.29, 0.717) is 21.4 Å². The van der Waals surface area contributed by atoms with Crippen molar-refractivity contribution in [2.75, 3.05) is 5.32 Å². The molecule has 0 aliphatic heterocycles. The smallest absolute Gasteiger partial charge is 0.124 e. The minimum atomic E-state index is -0.316. The Balaban J connectivity index is 2.37. The summed E-state index contributed by atoms with van der Waals surface area (Å²) in [4.78, 5) is 0. The first-order valence-corrected chi connectivity index (χ1v) is 6.60. The molecule has 0 saturated carbocycles. The highest BCUT2D eigenvalue weighted by Crippen LogP contribution is 2.29. The summed E-state index contributed by atoms with van der Waals surface area (Å²) >= 11 is 6.58. The second-order valence-electron chi connectivity index (χ2n) is 3.55. The van der Waals surface area contributed by atoms with E-state index in [9.17, 15) is 4.39 Å². The predicted molar refractivity (Wildman–Crippen MR) is 76.2 cm³/mol. The predicted octanol–water partition coefficient (Wildman–Crippen LogP) is 4.97. The lowest BCUT2D eigenvalue weighted by Gasteiger charge is -2.10. The molecule has 0 amide bonds. The van der Waals surface area contributed by atoms with Crippen molar-refractivity contribution in [1.29, 1.82) is 5.26 Å². The van der Waals surface area contributed by atoms with E-state index < -0.39 is 0 Å². The molecule has 2 nitrogen and oxygen atoms in total. The van der Waals surface area contributed by atoms with Gasteiger partial charge in [-0.15, -0.1) is 0 Å². The van der Waals surface area contributed by atoms with Crippen molar-refractivity contribution in [2.45, 2.75) is 0 Å². The van der Waals surface area contributed by atoms with Crippen LogP contribution in [0.1, 0.15) is 5.56 Å². The summed E-state index contributed by atoms with van der Waals surface area (Å²) in [7, 11) is 0. The van der Waals surface area contributed by atoms with E-state index in [-0.39, 0.29) is 5.82 Å². The van der Waals surface area contributed by atoms with E-state index >= 15 is 0 Å². The van der Waals surface area contributed by atoms with E-state index in [2.05, 4.69) is 43.2 Å². The Kier molecular flexibility index (Phi) is 4.00. The Morgan fingerprint density at radius 3 is 2.44 bits per heavy atom. The van der Waals surface area contributed by atoms with Crippen molar-refractivity contribution in [1.82, 2.24) is 0 Å². The maximum absolute atomic E-state index is 13.0. The summed E-state index contributed by atoms with van der Waals surface area (Å²) in [5.74, 6) is -0.316. The van der Waals surface area contributed by atoms with Crippen LogP contribution in [0.25, 0.3) is 0 Å². The summed E-state index contributed by atoms with van der Waals surface area (Å²) in [6, 6.07) is 11.8. The minimum Gasteiger partial charge on any atom is -0.354 e. The number of anilines is 2. The lowest BCUT2D eigenvalue weighted by molar-refractivity contribution is 0.627. The van der Waals surface area contributed by atoms with Gasteiger partial charge in [0.25, 0.3) is 0 Å². The van der Waals surface area contributed by atoms with Crippen LogP contribution in [0.4, 0.5) is 15.8 Å². The first kappa shape index (κ1) is 13.1. The highest BCUT2D eigenvalue weighted by molar-refractivity contribution is 9.10. The highest BCUT2D eigenvalue weighted by Gasteiger charge is 2.06. The molecule has 0 aliphatic rings. The lowest BCUT2D eigenvalue weighted by Crippen LogP contribution is -1.95. The Bertz CT molecular complexity index is 635. The van der Waals surface area contributed by atoms with Crippen LogP contribution in [-0.2, 0) is 0 Å². The van der Waals surface area contributed by atoms with Crippen LogP contribution in [-0.4, -0.2) is 0 Å². The molecule has 0 spiro atoms. The van der Waals surface area contributed by atoms with Crippen LogP contribution >= 0.6 is 31.9 Å². The van der Waals surface area contributed by atoms with Gasteiger partial charge in [-0.25, -0.2) is 4.39 Å². The van der Waals surface area contributed by atoms with E-state index in [4.69, 9.17) is 5.26 Å². The molecule has 0 atom stereocenters. The van der Waals surface area contributed by atoms with Gasteiger partial charge < -0.3 is 5.32 Å². The van der Waals surface area contributed by atoms with Gasteiger partial charge in [-0.3, -0.25) is 0 Å². The van der Waals surface area contributed by atoms with Crippen molar-refractivity contribution in [2.24, 2.45) is 0 Å². The van der Waals surface area contributed by atoms with Crippen molar-refractivity contribution in [3.05, 3.63) is 56.7 Å². The van der Waals surface area contributed by atoms with Gasteiger partial charge in [0.05, 0.1) is 16.9 Å². The second kappa shape index (κ2) is 5.51. The van der Waals surface area contributed by atoms with Gasteiger partial charge in [0.15, 0.2) is 0 Å². The molecule has 0 aromatic heterocycles. The number of rotatable bonds is 2. The van der Waals surface area contributed by atoms with Crippen molar-refractivity contribution < 1.29 is 4.39 Å². The fourth-order valence-electron chi connectivity index (χ4n) is 1.45. The molecule has 5 heteroatoms. The molecule has 2 rings (SSSR count). The molecule has 0 radical (unpaired) electrons. The zero-order chi connectivity index (χ0) is 13.1.